The maximum Gasteiger partial charge on any atom is 0.349 e. The van der Waals surface area contributed by atoms with Crippen LogP contribution in [0.3, 0.4) is 0 Å². The van der Waals surface area contributed by atoms with Gasteiger partial charge < -0.3 is 9.32 Å². The molecule has 3 aromatic rings. The van der Waals surface area contributed by atoms with Crippen LogP contribution < -0.4 is 5.63 Å². The summed E-state index contributed by atoms with van der Waals surface area (Å²) in [6.07, 6.45) is 1.27. The van der Waals surface area contributed by atoms with Crippen LogP contribution in [0.15, 0.2) is 63.8 Å². The first-order chi connectivity index (χ1) is 14.4. The molecule has 1 aromatic heterocycles. The van der Waals surface area contributed by atoms with E-state index in [2.05, 4.69) is 6.92 Å². The van der Waals surface area contributed by atoms with E-state index >= 15 is 0 Å². The zero-order valence-electron chi connectivity index (χ0n) is 16.7. The van der Waals surface area contributed by atoms with Crippen molar-refractivity contribution in [2.45, 2.75) is 32.4 Å². The molecule has 6 nitrogen and oxygen atoms in total. The Morgan fingerprint density at radius 3 is 2.47 bits per heavy atom. The highest BCUT2D eigenvalue weighted by molar-refractivity contribution is 7.91. The second kappa shape index (κ2) is 8.07. The summed E-state index contributed by atoms with van der Waals surface area (Å²) in [5, 5.41) is 0.645. The number of hydrogen-bond acceptors (Lipinski definition) is 5. The van der Waals surface area contributed by atoms with Crippen LogP contribution in [0.5, 0.6) is 0 Å². The molecule has 0 spiro atoms. The summed E-state index contributed by atoms with van der Waals surface area (Å²) >= 11 is 0. The van der Waals surface area contributed by atoms with Gasteiger partial charge >= 0.3 is 5.63 Å². The maximum atomic E-state index is 13.4. The van der Waals surface area contributed by atoms with Gasteiger partial charge in [0.25, 0.3) is 5.91 Å². The van der Waals surface area contributed by atoms with Gasteiger partial charge in [-0.15, -0.1) is 0 Å². The minimum atomic E-state index is -3.20. The van der Waals surface area contributed by atoms with Crippen LogP contribution >= 0.6 is 0 Å². The third-order valence-electron chi connectivity index (χ3n) is 5.57. The molecule has 0 bridgehead atoms. The number of rotatable bonds is 5. The van der Waals surface area contributed by atoms with E-state index in [9.17, 15) is 18.0 Å². The summed E-state index contributed by atoms with van der Waals surface area (Å²) in [5.74, 6) is -0.552. The van der Waals surface area contributed by atoms with E-state index in [1.54, 1.807) is 24.3 Å². The summed E-state index contributed by atoms with van der Waals surface area (Å²) in [5.41, 5.74) is 1.67. The highest BCUT2D eigenvalue weighted by Crippen LogP contribution is 2.23. The molecule has 1 saturated heterocycles. The van der Waals surface area contributed by atoms with E-state index in [1.165, 1.54) is 16.5 Å². The molecule has 0 unspecified atom stereocenters. The van der Waals surface area contributed by atoms with Crippen molar-refractivity contribution < 1.29 is 17.6 Å². The zero-order valence-corrected chi connectivity index (χ0v) is 17.5. The molecule has 0 N–H and O–H groups in total. The lowest BCUT2D eigenvalue weighted by Crippen LogP contribution is -2.42. The van der Waals surface area contributed by atoms with E-state index in [-0.39, 0.29) is 23.6 Å². The average Bonchev–Trinajstić information content (AvgIpc) is 3.10. The molecule has 2 heterocycles. The second-order valence-corrected chi connectivity index (χ2v) is 9.87. The summed E-state index contributed by atoms with van der Waals surface area (Å²) < 4.78 is 29.5. The van der Waals surface area contributed by atoms with Gasteiger partial charge in [-0.25, -0.2) is 13.2 Å². The second-order valence-electron chi connectivity index (χ2n) is 7.65. The molecular formula is C23H23NO5S. The molecule has 1 aliphatic heterocycles. The molecule has 30 heavy (non-hydrogen) atoms. The standard InChI is InChI=1S/C23H23NO5S/c1-2-16-7-9-17(10-8-16)14-24(19-11-12-30(27,28)15-19)22(25)20-13-18-5-3-4-6-21(18)29-23(20)26/h3-10,13,19H,2,11-12,14-15H2,1H3/t19-/m1/s1. The van der Waals surface area contributed by atoms with Gasteiger partial charge in [-0.2, -0.15) is 0 Å². The highest BCUT2D eigenvalue weighted by Gasteiger charge is 2.36. The first-order valence-electron chi connectivity index (χ1n) is 9.98. The van der Waals surface area contributed by atoms with Crippen LogP contribution in [0.4, 0.5) is 0 Å². The minimum absolute atomic E-state index is 0.0442. The Balaban J connectivity index is 1.72. The van der Waals surface area contributed by atoms with Crippen molar-refractivity contribution >= 4 is 26.7 Å². The molecule has 0 radical (unpaired) electrons. The van der Waals surface area contributed by atoms with Crippen LogP contribution in [0.1, 0.15) is 34.8 Å². The monoisotopic (exact) mass is 425 g/mol. The summed E-state index contributed by atoms with van der Waals surface area (Å²) in [7, 11) is -3.20. The van der Waals surface area contributed by atoms with Crippen molar-refractivity contribution in [3.05, 3.63) is 81.7 Å². The quantitative estimate of drug-likeness (QED) is 0.586. The predicted molar refractivity (Wildman–Crippen MR) is 115 cm³/mol. The number of sulfone groups is 1. The average molecular weight is 426 g/mol. The molecule has 1 aliphatic rings. The topological polar surface area (TPSA) is 84.7 Å². The smallest absolute Gasteiger partial charge is 0.349 e. The van der Waals surface area contributed by atoms with Crippen molar-refractivity contribution in [1.29, 1.82) is 0 Å². The van der Waals surface area contributed by atoms with Crippen LogP contribution in [0.2, 0.25) is 0 Å². The van der Waals surface area contributed by atoms with E-state index in [4.69, 9.17) is 4.42 Å². The molecule has 7 heteroatoms. The number of aryl methyl sites for hydroxylation is 1. The Kier molecular flexibility index (Phi) is 5.47. The Bertz CT molecular complexity index is 1240. The fourth-order valence-corrected chi connectivity index (χ4v) is 5.56. The fourth-order valence-electron chi connectivity index (χ4n) is 3.83. The minimum Gasteiger partial charge on any atom is -0.422 e. The lowest BCUT2D eigenvalue weighted by molar-refractivity contribution is 0.0676. The fraction of sp³-hybridized carbons (Fsp3) is 0.304. The van der Waals surface area contributed by atoms with Gasteiger partial charge in [-0.1, -0.05) is 49.4 Å². The number of amides is 1. The molecule has 2 aromatic carbocycles. The Labute approximate surface area is 175 Å². The molecular weight excluding hydrogens is 402 g/mol. The Morgan fingerprint density at radius 2 is 1.80 bits per heavy atom. The summed E-state index contributed by atoms with van der Waals surface area (Å²) in [6, 6.07) is 15.9. The number of fused-ring (bicyclic) bond motifs is 1. The van der Waals surface area contributed by atoms with E-state index in [0.717, 1.165) is 12.0 Å². The zero-order chi connectivity index (χ0) is 21.3. The van der Waals surface area contributed by atoms with Gasteiger partial charge in [0.2, 0.25) is 0 Å². The summed E-state index contributed by atoms with van der Waals surface area (Å²) in [4.78, 5) is 27.4. The van der Waals surface area contributed by atoms with Crippen LogP contribution in [0, 0.1) is 0 Å². The normalized spacial score (nSPS) is 17.8. The SMILES string of the molecule is CCc1ccc(CN(C(=O)c2cc3ccccc3oc2=O)[C@@H]2CCS(=O)(=O)C2)cc1. The lowest BCUT2D eigenvalue weighted by Gasteiger charge is -2.28. The molecule has 4 rings (SSSR count). The third kappa shape index (κ3) is 4.16. The Hall–Kier alpha value is -2.93. The van der Waals surface area contributed by atoms with E-state index in [1.807, 2.05) is 24.3 Å². The van der Waals surface area contributed by atoms with Crippen molar-refractivity contribution in [3.8, 4) is 0 Å². The molecule has 1 amide bonds. The van der Waals surface area contributed by atoms with Crippen molar-refractivity contribution in [2.75, 3.05) is 11.5 Å². The molecule has 1 atom stereocenters. The van der Waals surface area contributed by atoms with Gasteiger partial charge in [0.1, 0.15) is 11.1 Å². The van der Waals surface area contributed by atoms with E-state index < -0.39 is 27.4 Å². The number of benzene rings is 2. The van der Waals surface area contributed by atoms with Crippen LogP contribution in [-0.2, 0) is 22.8 Å². The van der Waals surface area contributed by atoms with Gasteiger partial charge in [-0.3, -0.25) is 4.79 Å². The summed E-state index contributed by atoms with van der Waals surface area (Å²) in [6.45, 7) is 2.29. The lowest BCUT2D eigenvalue weighted by atomic mass is 10.1. The number of hydrogen-bond donors (Lipinski definition) is 0. The highest BCUT2D eigenvalue weighted by atomic mass is 32.2. The van der Waals surface area contributed by atoms with Crippen molar-refractivity contribution in [1.82, 2.24) is 4.90 Å². The number of para-hydroxylation sites is 1. The van der Waals surface area contributed by atoms with Crippen molar-refractivity contribution in [3.63, 3.8) is 0 Å². The maximum absolute atomic E-state index is 13.4. The third-order valence-corrected chi connectivity index (χ3v) is 7.32. The van der Waals surface area contributed by atoms with Gasteiger partial charge in [-0.05, 0) is 36.1 Å². The Morgan fingerprint density at radius 1 is 1.10 bits per heavy atom. The largest absolute Gasteiger partial charge is 0.422 e. The first kappa shape index (κ1) is 20.3. The van der Waals surface area contributed by atoms with Gasteiger partial charge in [0.15, 0.2) is 9.84 Å². The molecule has 0 saturated carbocycles. The van der Waals surface area contributed by atoms with Crippen molar-refractivity contribution in [2.24, 2.45) is 0 Å². The van der Waals surface area contributed by atoms with Crippen LogP contribution in [-0.4, -0.2) is 36.8 Å². The first-order valence-corrected chi connectivity index (χ1v) is 11.8. The van der Waals surface area contributed by atoms with Gasteiger partial charge in [0, 0.05) is 18.0 Å². The molecule has 1 fully saturated rings. The predicted octanol–water partition coefficient (Wildman–Crippen LogP) is 3.18. The van der Waals surface area contributed by atoms with Crippen LogP contribution in [0.25, 0.3) is 11.0 Å². The number of nitrogens with zero attached hydrogens (tertiary/aromatic N) is 1. The number of carbonyl (C=O) groups is 1. The number of carbonyl (C=O) groups excluding carboxylic acids is 1. The van der Waals surface area contributed by atoms with Gasteiger partial charge in [0.05, 0.1) is 11.5 Å². The molecule has 156 valence electrons. The van der Waals surface area contributed by atoms with E-state index in [0.29, 0.717) is 17.4 Å². The molecule has 0 aliphatic carbocycles.